The summed E-state index contributed by atoms with van der Waals surface area (Å²) < 4.78 is 21.9. The Morgan fingerprint density at radius 3 is 2.29 bits per heavy atom. The summed E-state index contributed by atoms with van der Waals surface area (Å²) in [7, 11) is 1.39. The summed E-state index contributed by atoms with van der Waals surface area (Å²) in [5, 5.41) is 9.19. The molecule has 3 aliphatic rings. The minimum Gasteiger partial charge on any atom is -0.487 e. The lowest BCUT2D eigenvalue weighted by atomic mass is 9.65. The highest BCUT2D eigenvalue weighted by Crippen LogP contribution is 2.51. The van der Waals surface area contributed by atoms with Gasteiger partial charge >= 0.3 is 17.9 Å². The molecule has 8 bridgehead atoms. The Labute approximate surface area is 320 Å². The van der Waals surface area contributed by atoms with Crippen molar-refractivity contribution in [1.82, 2.24) is 19.9 Å². The molecule has 0 saturated heterocycles. The Morgan fingerprint density at radius 1 is 0.891 bits per heavy atom. The average Bonchev–Trinajstić information content (AvgIpc) is 3.83. The quantitative estimate of drug-likeness (QED) is 0.0999. The summed E-state index contributed by atoms with van der Waals surface area (Å²) in [4.78, 5) is 54.9. The van der Waals surface area contributed by atoms with Crippen molar-refractivity contribution in [3.05, 3.63) is 93.6 Å². The predicted molar refractivity (Wildman–Crippen MR) is 211 cm³/mol. The number of ether oxygens (including phenoxy) is 4. The van der Waals surface area contributed by atoms with Crippen molar-refractivity contribution < 1.29 is 38.4 Å². The average molecular weight is 749 g/mol. The number of nitrogens with zero attached hydrogens (tertiary/aromatic N) is 2. The normalized spacial score (nSPS) is 17.6. The second kappa shape index (κ2) is 15.9. The number of carbonyl (C=O) groups excluding carboxylic acids is 3. The fraction of sp³-hybridized carbons (Fsp3) is 0.372. The van der Waals surface area contributed by atoms with Crippen LogP contribution < -0.4 is 0 Å². The summed E-state index contributed by atoms with van der Waals surface area (Å²) >= 11 is 0. The molecule has 0 fully saturated rings. The lowest BCUT2D eigenvalue weighted by Gasteiger charge is -2.36. The van der Waals surface area contributed by atoms with Gasteiger partial charge in [-0.15, -0.1) is 0 Å². The number of aryl methyl sites for hydroxylation is 3. The number of allylic oxidation sites excluding steroid dienone is 4. The van der Waals surface area contributed by atoms with Crippen LogP contribution in [0.4, 0.5) is 0 Å². The van der Waals surface area contributed by atoms with E-state index in [1.807, 2.05) is 70.2 Å². The van der Waals surface area contributed by atoms with E-state index in [9.17, 15) is 19.5 Å². The smallest absolute Gasteiger partial charge is 0.334 e. The number of methoxy groups -OCH3 is 1. The second-order valence-electron chi connectivity index (χ2n) is 14.0. The van der Waals surface area contributed by atoms with Gasteiger partial charge in [0.05, 0.1) is 30.8 Å². The third-order valence-corrected chi connectivity index (χ3v) is 11.0. The first-order valence-corrected chi connectivity index (χ1v) is 18.5. The minimum absolute atomic E-state index is 0.0721. The molecule has 12 nitrogen and oxygen atoms in total. The Balaban J connectivity index is 1.65. The Bertz CT molecular complexity index is 2340. The van der Waals surface area contributed by atoms with Gasteiger partial charge in [0.15, 0.2) is 0 Å². The predicted octanol–water partition coefficient (Wildman–Crippen LogP) is 6.99. The van der Waals surface area contributed by atoms with Gasteiger partial charge in [0, 0.05) is 63.0 Å². The third-order valence-electron chi connectivity index (χ3n) is 11.0. The van der Waals surface area contributed by atoms with E-state index in [0.717, 1.165) is 66.9 Å². The molecular weight excluding hydrogens is 700 g/mol. The molecule has 0 radical (unpaired) electrons. The first-order valence-electron chi connectivity index (χ1n) is 18.5. The highest BCUT2D eigenvalue weighted by Gasteiger charge is 2.47. The molecule has 3 aromatic rings. The van der Waals surface area contributed by atoms with Crippen molar-refractivity contribution in [3.8, 4) is 0 Å². The summed E-state index contributed by atoms with van der Waals surface area (Å²) in [6, 6.07) is 7.92. The highest BCUT2D eigenvalue weighted by atomic mass is 16.6. The number of fused-ring (bicyclic) bond motifs is 11. The second-order valence-corrected chi connectivity index (χ2v) is 14.0. The van der Waals surface area contributed by atoms with Crippen LogP contribution in [0.3, 0.4) is 0 Å². The largest absolute Gasteiger partial charge is 0.487 e. The van der Waals surface area contributed by atoms with Gasteiger partial charge in [-0.25, -0.2) is 9.78 Å². The van der Waals surface area contributed by atoms with E-state index < -0.39 is 11.4 Å². The molecule has 2 atom stereocenters. The lowest BCUT2D eigenvalue weighted by molar-refractivity contribution is -0.145. The van der Waals surface area contributed by atoms with E-state index >= 15 is 0 Å². The van der Waals surface area contributed by atoms with Crippen molar-refractivity contribution in [3.63, 3.8) is 0 Å². The number of aliphatic hydroxyl groups is 1. The van der Waals surface area contributed by atoms with Crippen LogP contribution in [-0.2, 0) is 45.2 Å². The van der Waals surface area contributed by atoms with Gasteiger partial charge in [0.1, 0.15) is 31.3 Å². The van der Waals surface area contributed by atoms with E-state index in [2.05, 4.69) is 23.5 Å². The number of hydrogen-bond acceptors (Lipinski definition) is 10. The molecule has 1 aliphatic carbocycles. The van der Waals surface area contributed by atoms with Gasteiger partial charge in [-0.05, 0) is 80.6 Å². The van der Waals surface area contributed by atoms with Crippen LogP contribution in [0, 0.1) is 19.8 Å². The standard InChI is InChI=1S/C43H48N4O8/c1-9-27-23(3)31-19-33-25(5)41(55-18-17-54-39(49)10-2)37(46-33)21-34-28(12-14-40(50)53-16-15-48)24(4)32(44-34)20-36-30-13-11-29(42(51)52-8)26(6)43(30,7)38(47-36)22-35(27)45-31/h9,11,13,19-22,26,44-45,48H,1,10,12,14-18H2,2-8H3. The number of carbonyl (C=O) groups is 3. The van der Waals surface area contributed by atoms with Gasteiger partial charge in [0.2, 0.25) is 0 Å². The number of rotatable bonds is 12. The summed E-state index contributed by atoms with van der Waals surface area (Å²) in [5.41, 5.74) is 11.1. The first kappa shape index (κ1) is 39.0. The maximum absolute atomic E-state index is 13.0. The van der Waals surface area contributed by atoms with Crippen LogP contribution >= 0.6 is 0 Å². The Morgan fingerprint density at radius 2 is 1.58 bits per heavy atom. The minimum atomic E-state index is -0.690. The molecule has 288 valence electrons. The zero-order valence-corrected chi connectivity index (χ0v) is 32.5. The highest BCUT2D eigenvalue weighted by molar-refractivity contribution is 5.95. The van der Waals surface area contributed by atoms with Crippen LogP contribution in [0.25, 0.3) is 45.0 Å². The number of aliphatic hydroxyl groups excluding tert-OH is 1. The van der Waals surface area contributed by atoms with Crippen molar-refractivity contribution in [2.45, 2.75) is 66.2 Å². The molecule has 3 aromatic heterocycles. The Hall–Kier alpha value is -5.75. The lowest BCUT2D eigenvalue weighted by Crippen LogP contribution is -2.34. The van der Waals surface area contributed by atoms with Gasteiger partial charge in [-0.1, -0.05) is 38.7 Å². The number of aromatic amines is 2. The molecule has 6 rings (SSSR count). The van der Waals surface area contributed by atoms with E-state index in [-0.39, 0.29) is 57.1 Å². The van der Waals surface area contributed by atoms with Gasteiger partial charge in [-0.3, -0.25) is 14.6 Å². The number of hydrogen-bond donors (Lipinski definition) is 3. The molecule has 2 unspecified atom stereocenters. The molecule has 5 heterocycles. The Kier molecular flexibility index (Phi) is 11.3. The topological polar surface area (TPSA) is 166 Å². The maximum Gasteiger partial charge on any atom is 0.334 e. The molecule has 0 saturated carbocycles. The van der Waals surface area contributed by atoms with E-state index in [4.69, 9.17) is 28.9 Å². The van der Waals surface area contributed by atoms with Crippen molar-refractivity contribution >= 4 is 63.0 Å². The van der Waals surface area contributed by atoms with E-state index in [1.54, 1.807) is 6.92 Å². The third kappa shape index (κ3) is 7.26. The molecule has 2 aliphatic heterocycles. The zero-order valence-electron chi connectivity index (χ0n) is 32.5. The van der Waals surface area contributed by atoms with Gasteiger partial charge in [-0.2, -0.15) is 0 Å². The maximum atomic E-state index is 13.0. The summed E-state index contributed by atoms with van der Waals surface area (Å²) in [5.74, 6) is -0.852. The van der Waals surface area contributed by atoms with Crippen molar-refractivity contribution in [1.29, 1.82) is 0 Å². The van der Waals surface area contributed by atoms with Crippen LogP contribution in [0.1, 0.15) is 85.6 Å². The number of H-pyrrole nitrogens is 2. The molecule has 3 N–H and O–H groups in total. The van der Waals surface area contributed by atoms with Crippen molar-refractivity contribution in [2.24, 2.45) is 5.92 Å². The molecule has 0 aromatic carbocycles. The SMILES string of the molecule is C=Cc1c(C)c2cc3nc(cc4[nH]c(cc5nc(cc1[nH]2)C1(C)C5=CC=C(C(=O)OC)C1C)c(C)c4CCC(=O)OCCO)C(OCCOC(=O)CC)=C3C. The van der Waals surface area contributed by atoms with Gasteiger partial charge in [0.25, 0.3) is 0 Å². The molecule has 0 spiro atoms. The summed E-state index contributed by atoms with van der Waals surface area (Å²) in [6.07, 6.45) is 6.30. The summed E-state index contributed by atoms with van der Waals surface area (Å²) in [6.45, 7) is 15.8. The molecule has 55 heavy (non-hydrogen) atoms. The van der Waals surface area contributed by atoms with Crippen LogP contribution in [-0.4, -0.2) is 76.5 Å². The number of aromatic nitrogens is 4. The van der Waals surface area contributed by atoms with Crippen LogP contribution in [0.5, 0.6) is 0 Å². The van der Waals surface area contributed by atoms with Crippen LogP contribution in [0.15, 0.2) is 48.6 Å². The number of nitrogens with one attached hydrogen (secondary N) is 2. The number of esters is 3. The molecule has 12 heteroatoms. The first-order chi connectivity index (χ1) is 26.4. The zero-order chi connectivity index (χ0) is 39.6. The van der Waals surface area contributed by atoms with E-state index in [1.165, 1.54) is 7.11 Å². The van der Waals surface area contributed by atoms with E-state index in [0.29, 0.717) is 29.1 Å². The van der Waals surface area contributed by atoms with Crippen molar-refractivity contribution in [2.75, 3.05) is 33.5 Å². The van der Waals surface area contributed by atoms with Gasteiger partial charge < -0.3 is 34.0 Å². The van der Waals surface area contributed by atoms with Crippen LogP contribution in [0.2, 0.25) is 0 Å². The monoisotopic (exact) mass is 748 g/mol. The molecule has 0 amide bonds. The fourth-order valence-corrected chi connectivity index (χ4v) is 7.55. The fourth-order valence-electron chi connectivity index (χ4n) is 7.55. The molecular formula is C43H48N4O8.